The van der Waals surface area contributed by atoms with Crippen molar-refractivity contribution >= 4 is 0 Å². The molecular weight excluding hydrogens is 715 g/mol. The van der Waals surface area contributed by atoms with Crippen LogP contribution >= 0.6 is 0 Å². The van der Waals surface area contributed by atoms with E-state index < -0.39 is 24.8 Å². The van der Waals surface area contributed by atoms with Crippen LogP contribution in [-0.2, 0) is 53.1 Å². The molecule has 47 heavy (non-hydrogen) atoms. The fourth-order valence-electron chi connectivity index (χ4n) is 2.66. The molecule has 0 amide bonds. The molecule has 0 fully saturated rings. The predicted molar refractivity (Wildman–Crippen MR) is 178 cm³/mol. The molecule has 0 aliphatic heterocycles. The molecule has 0 bridgehead atoms. The van der Waals surface area contributed by atoms with Gasteiger partial charge < -0.3 is 59.8 Å². The monoisotopic (exact) mass is 780 g/mol. The Balaban J connectivity index is -0.000000118. The summed E-state index contributed by atoms with van der Waals surface area (Å²) in [6, 6.07) is 0. The van der Waals surface area contributed by atoms with Gasteiger partial charge in [0.05, 0.1) is 36.9 Å². The van der Waals surface area contributed by atoms with Gasteiger partial charge in [0.25, 0.3) is 11.9 Å². The van der Waals surface area contributed by atoms with Crippen LogP contribution in [0.3, 0.4) is 0 Å². The molecule has 8 N–H and O–H groups in total. The Morgan fingerprint density at radius 3 is 1.19 bits per heavy atom. The molecular formula is C33H66Cu2O12. The van der Waals surface area contributed by atoms with Crippen molar-refractivity contribution in [1.29, 1.82) is 0 Å². The number of rotatable bonds is 20. The second-order valence-electron chi connectivity index (χ2n) is 9.80. The molecule has 12 nitrogen and oxygen atoms in total. The summed E-state index contributed by atoms with van der Waals surface area (Å²) in [6.07, 6.45) is 7.80. The minimum atomic E-state index is -0.966. The van der Waals surface area contributed by atoms with E-state index in [1.807, 2.05) is 34.6 Å². The van der Waals surface area contributed by atoms with E-state index in [-0.39, 0.29) is 63.5 Å². The number of aliphatic hydroxyl groups is 8. The van der Waals surface area contributed by atoms with Crippen molar-refractivity contribution in [2.24, 2.45) is 5.92 Å². The summed E-state index contributed by atoms with van der Waals surface area (Å²) in [6.45, 7) is 18.5. The SMILES string of the molecule is CCCCC(O)=CC(O)OCC.CCCCC(O)=CC(O)OCC.CCOC(O)=CC(O)C(C)C.CCOC(O)=CC(O)CC.[Cu].[Cu]. The number of hydrogen-bond acceptors (Lipinski definition) is 12. The number of unbranched alkanes of at least 4 members (excludes halogenated alkanes) is 2. The van der Waals surface area contributed by atoms with Gasteiger partial charge in [0.2, 0.25) is 0 Å². The molecule has 0 aliphatic rings. The van der Waals surface area contributed by atoms with Gasteiger partial charge in [-0.15, -0.1) is 0 Å². The molecule has 4 atom stereocenters. The van der Waals surface area contributed by atoms with Gasteiger partial charge in [0, 0.05) is 84.5 Å². The minimum absolute atomic E-state index is 0. The normalized spacial score (nSPS) is 14.3. The Labute approximate surface area is 305 Å². The second-order valence-corrected chi connectivity index (χ2v) is 9.80. The molecule has 0 rings (SSSR count). The van der Waals surface area contributed by atoms with Gasteiger partial charge in [-0.25, -0.2) is 0 Å². The summed E-state index contributed by atoms with van der Waals surface area (Å²) in [5.74, 6) is 0.110. The van der Waals surface area contributed by atoms with Crippen LogP contribution in [0.5, 0.6) is 0 Å². The van der Waals surface area contributed by atoms with Gasteiger partial charge in [0.15, 0.2) is 12.6 Å². The summed E-state index contributed by atoms with van der Waals surface area (Å²) in [4.78, 5) is 0. The largest absolute Gasteiger partial charge is 0.512 e. The first-order valence-corrected chi connectivity index (χ1v) is 16.0. The Morgan fingerprint density at radius 1 is 0.553 bits per heavy atom. The van der Waals surface area contributed by atoms with Crippen LogP contribution in [0, 0.1) is 5.92 Å². The Kier molecular flexibility index (Phi) is 52.4. The van der Waals surface area contributed by atoms with E-state index in [0.717, 1.165) is 25.7 Å². The van der Waals surface area contributed by atoms with Crippen LogP contribution in [0.25, 0.3) is 0 Å². The van der Waals surface area contributed by atoms with E-state index >= 15 is 0 Å². The van der Waals surface area contributed by atoms with E-state index in [9.17, 15) is 15.3 Å². The van der Waals surface area contributed by atoms with Crippen molar-refractivity contribution in [3.63, 3.8) is 0 Å². The molecule has 0 heterocycles. The van der Waals surface area contributed by atoms with Gasteiger partial charge in [-0.05, 0) is 52.9 Å². The topological polar surface area (TPSA) is 199 Å². The van der Waals surface area contributed by atoms with Crippen LogP contribution in [0.4, 0.5) is 0 Å². The Bertz CT molecular complexity index is 730. The molecule has 292 valence electrons. The van der Waals surface area contributed by atoms with Gasteiger partial charge in [-0.1, -0.05) is 47.5 Å². The maximum Gasteiger partial charge on any atom is 0.275 e. The third kappa shape index (κ3) is 49.1. The molecule has 0 spiro atoms. The van der Waals surface area contributed by atoms with E-state index in [4.69, 9.17) is 39.7 Å². The van der Waals surface area contributed by atoms with Crippen molar-refractivity contribution in [2.75, 3.05) is 26.4 Å². The van der Waals surface area contributed by atoms with Gasteiger partial charge >= 0.3 is 0 Å². The third-order valence-corrected chi connectivity index (χ3v) is 5.25. The standard InChI is InChI=1S/2C9H18O3.C8H16O3.C7H14O3.2Cu/c2*1-3-5-6-8(10)7-9(11)12-4-2;1-4-11-8(10)5-7(9)6(2)3;1-3-6(8)5-7(9)10-4-2;;/h2*7,9-11H,3-6H2,1-2H3;5-7,9-10H,4H2,1-3H3;5-6,8-9H,3-4H2,1-2H3;;. The van der Waals surface area contributed by atoms with Gasteiger partial charge in [0.1, 0.15) is 0 Å². The van der Waals surface area contributed by atoms with Gasteiger partial charge in [-0.3, -0.25) is 0 Å². The molecule has 0 aromatic carbocycles. The first kappa shape index (κ1) is 57.8. The summed E-state index contributed by atoms with van der Waals surface area (Å²) in [7, 11) is 0. The van der Waals surface area contributed by atoms with Crippen molar-refractivity contribution in [3.8, 4) is 0 Å². The predicted octanol–water partition coefficient (Wildman–Crippen LogP) is 6.57. The van der Waals surface area contributed by atoms with Crippen LogP contribution < -0.4 is 0 Å². The summed E-state index contributed by atoms with van der Waals surface area (Å²) in [5, 5.41) is 72.4. The number of ether oxygens (including phenoxy) is 4. The van der Waals surface area contributed by atoms with E-state index in [0.29, 0.717) is 45.7 Å². The zero-order chi connectivity index (χ0) is 35.6. The number of hydrogen-bond donors (Lipinski definition) is 8. The van der Waals surface area contributed by atoms with Gasteiger partial charge in [-0.2, -0.15) is 0 Å². The average molecular weight is 782 g/mol. The Hall–Kier alpha value is -1.44. The smallest absolute Gasteiger partial charge is 0.275 e. The average Bonchev–Trinajstić information content (AvgIpc) is 2.96. The van der Waals surface area contributed by atoms with Crippen molar-refractivity contribution in [1.82, 2.24) is 0 Å². The van der Waals surface area contributed by atoms with Crippen molar-refractivity contribution in [3.05, 3.63) is 47.7 Å². The quantitative estimate of drug-likeness (QED) is 0.0376. The maximum atomic E-state index is 9.21. The van der Waals surface area contributed by atoms with Crippen LogP contribution in [0.15, 0.2) is 47.7 Å². The summed E-state index contributed by atoms with van der Waals surface area (Å²) < 4.78 is 19.0. The molecule has 4 unspecified atom stereocenters. The third-order valence-electron chi connectivity index (χ3n) is 5.25. The van der Waals surface area contributed by atoms with Crippen LogP contribution in [0.2, 0.25) is 0 Å². The number of allylic oxidation sites excluding steroid dienone is 2. The van der Waals surface area contributed by atoms with Crippen molar-refractivity contribution < 1.29 is 93.9 Å². The fourth-order valence-corrected chi connectivity index (χ4v) is 2.66. The molecule has 0 aromatic heterocycles. The van der Waals surface area contributed by atoms with E-state index in [1.54, 1.807) is 27.7 Å². The molecule has 2 radical (unpaired) electrons. The molecule has 14 heteroatoms. The summed E-state index contributed by atoms with van der Waals surface area (Å²) in [5.41, 5.74) is 0. The first-order valence-electron chi connectivity index (χ1n) is 16.0. The fraction of sp³-hybridized carbons (Fsp3) is 0.758. The molecule has 0 aliphatic carbocycles. The summed E-state index contributed by atoms with van der Waals surface area (Å²) >= 11 is 0. The minimum Gasteiger partial charge on any atom is -0.512 e. The van der Waals surface area contributed by atoms with Crippen LogP contribution in [-0.4, -0.2) is 92.1 Å². The van der Waals surface area contributed by atoms with Crippen molar-refractivity contribution in [2.45, 2.75) is 132 Å². The van der Waals surface area contributed by atoms with E-state index in [2.05, 4.69) is 4.74 Å². The Morgan fingerprint density at radius 2 is 0.915 bits per heavy atom. The zero-order valence-corrected chi connectivity index (χ0v) is 31.7. The first-order chi connectivity index (χ1) is 21.2. The number of aliphatic hydroxyl groups excluding tert-OH is 8. The zero-order valence-electron chi connectivity index (χ0n) is 29.8. The second kappa shape index (κ2) is 42.6. The molecule has 0 aromatic rings. The maximum absolute atomic E-state index is 9.21. The van der Waals surface area contributed by atoms with E-state index in [1.165, 1.54) is 24.3 Å². The molecule has 0 saturated heterocycles. The van der Waals surface area contributed by atoms with Crippen LogP contribution in [0.1, 0.15) is 107 Å². The molecule has 0 saturated carbocycles.